The van der Waals surface area contributed by atoms with Crippen molar-refractivity contribution in [3.8, 4) is 11.5 Å². The fourth-order valence-corrected chi connectivity index (χ4v) is 3.95. The summed E-state index contributed by atoms with van der Waals surface area (Å²) in [6, 6.07) is 20.7. The summed E-state index contributed by atoms with van der Waals surface area (Å²) in [5, 5.41) is 11.1. The standard InChI is InChI=1S/C25H19NO5/c1-15-7-9-17(10-8-15)23(27)21-22(16-5-3-2-4-6-16)26(25(29)24(21)28)18-11-12-19-20(13-18)31-14-30-19/h2-13,22,27H,14H2,1H3/b23-21+. The van der Waals surface area contributed by atoms with Crippen molar-refractivity contribution in [2.45, 2.75) is 13.0 Å². The van der Waals surface area contributed by atoms with Crippen LogP contribution >= 0.6 is 0 Å². The second kappa shape index (κ2) is 7.32. The van der Waals surface area contributed by atoms with Crippen LogP contribution in [0.3, 0.4) is 0 Å². The van der Waals surface area contributed by atoms with Crippen molar-refractivity contribution < 1.29 is 24.2 Å². The molecule has 1 saturated heterocycles. The molecule has 2 aliphatic rings. The zero-order chi connectivity index (χ0) is 21.5. The third kappa shape index (κ3) is 3.13. The summed E-state index contributed by atoms with van der Waals surface area (Å²) in [6.45, 7) is 2.04. The number of fused-ring (bicyclic) bond motifs is 1. The number of carbonyl (C=O) groups is 2. The van der Waals surface area contributed by atoms with Gasteiger partial charge in [-0.2, -0.15) is 0 Å². The summed E-state index contributed by atoms with van der Waals surface area (Å²) < 4.78 is 10.8. The first-order chi connectivity index (χ1) is 15.0. The Morgan fingerprint density at radius 1 is 0.935 bits per heavy atom. The predicted octanol–water partition coefficient (Wildman–Crippen LogP) is 4.35. The van der Waals surface area contributed by atoms with Gasteiger partial charge in [-0.05, 0) is 24.6 Å². The lowest BCUT2D eigenvalue weighted by atomic mass is 9.95. The van der Waals surface area contributed by atoms with Gasteiger partial charge >= 0.3 is 0 Å². The van der Waals surface area contributed by atoms with Crippen molar-refractivity contribution in [2.75, 3.05) is 11.7 Å². The molecule has 1 atom stereocenters. The van der Waals surface area contributed by atoms with Gasteiger partial charge in [-0.3, -0.25) is 14.5 Å². The van der Waals surface area contributed by atoms with Crippen molar-refractivity contribution in [1.29, 1.82) is 0 Å². The highest BCUT2D eigenvalue weighted by molar-refractivity contribution is 6.51. The van der Waals surface area contributed by atoms with Gasteiger partial charge in [0.05, 0.1) is 11.6 Å². The number of aryl methyl sites for hydroxylation is 1. The second-order valence-corrected chi connectivity index (χ2v) is 7.48. The van der Waals surface area contributed by atoms with E-state index in [4.69, 9.17) is 9.47 Å². The van der Waals surface area contributed by atoms with Gasteiger partial charge in [0.1, 0.15) is 5.76 Å². The van der Waals surface area contributed by atoms with Crippen LogP contribution in [0.15, 0.2) is 78.4 Å². The Morgan fingerprint density at radius 2 is 1.65 bits per heavy atom. The molecular weight excluding hydrogens is 394 g/mol. The van der Waals surface area contributed by atoms with E-state index in [2.05, 4.69) is 0 Å². The molecule has 1 unspecified atom stereocenters. The molecule has 1 fully saturated rings. The average Bonchev–Trinajstić information content (AvgIpc) is 3.36. The highest BCUT2D eigenvalue weighted by Crippen LogP contribution is 2.44. The number of aliphatic hydroxyl groups excluding tert-OH is 1. The molecule has 6 nitrogen and oxygen atoms in total. The fourth-order valence-electron chi connectivity index (χ4n) is 3.95. The monoisotopic (exact) mass is 413 g/mol. The summed E-state index contributed by atoms with van der Waals surface area (Å²) in [6.07, 6.45) is 0. The van der Waals surface area contributed by atoms with Crippen molar-refractivity contribution >= 4 is 23.1 Å². The van der Waals surface area contributed by atoms with Crippen molar-refractivity contribution in [2.24, 2.45) is 0 Å². The number of rotatable bonds is 3. The number of ketones is 1. The minimum absolute atomic E-state index is 0.0534. The highest BCUT2D eigenvalue weighted by atomic mass is 16.7. The Balaban J connectivity index is 1.70. The predicted molar refractivity (Wildman–Crippen MR) is 115 cm³/mol. The van der Waals surface area contributed by atoms with Gasteiger partial charge in [-0.1, -0.05) is 60.2 Å². The van der Waals surface area contributed by atoms with Crippen LogP contribution in [0.25, 0.3) is 5.76 Å². The molecule has 0 aliphatic carbocycles. The average molecular weight is 413 g/mol. The van der Waals surface area contributed by atoms with Crippen molar-refractivity contribution in [3.63, 3.8) is 0 Å². The summed E-state index contributed by atoms with van der Waals surface area (Å²) in [7, 11) is 0. The van der Waals surface area contributed by atoms with Gasteiger partial charge in [0.2, 0.25) is 6.79 Å². The number of Topliss-reactive ketones (excluding diaryl/α,β-unsaturated/α-hetero) is 1. The number of benzene rings is 3. The molecule has 154 valence electrons. The molecule has 0 radical (unpaired) electrons. The zero-order valence-corrected chi connectivity index (χ0v) is 16.7. The van der Waals surface area contributed by atoms with E-state index in [9.17, 15) is 14.7 Å². The van der Waals surface area contributed by atoms with E-state index in [0.29, 0.717) is 28.3 Å². The minimum Gasteiger partial charge on any atom is -0.507 e. The number of anilines is 1. The van der Waals surface area contributed by atoms with Gasteiger partial charge in [0.25, 0.3) is 11.7 Å². The molecule has 3 aromatic carbocycles. The SMILES string of the molecule is Cc1ccc(/C(O)=C2\C(=O)C(=O)N(c3ccc4c(c3)OCO4)C2c2ccccc2)cc1. The maximum Gasteiger partial charge on any atom is 0.300 e. The van der Waals surface area contributed by atoms with E-state index in [1.807, 2.05) is 49.4 Å². The normalized spacial score (nSPS) is 19.1. The summed E-state index contributed by atoms with van der Waals surface area (Å²) in [4.78, 5) is 27.7. The molecule has 0 spiro atoms. The largest absolute Gasteiger partial charge is 0.507 e. The summed E-state index contributed by atoms with van der Waals surface area (Å²) >= 11 is 0. The first-order valence-corrected chi connectivity index (χ1v) is 9.87. The van der Waals surface area contributed by atoms with E-state index in [-0.39, 0.29) is 18.1 Å². The van der Waals surface area contributed by atoms with E-state index in [1.165, 1.54) is 4.90 Å². The van der Waals surface area contributed by atoms with Crippen LogP contribution in [0.5, 0.6) is 11.5 Å². The molecule has 2 heterocycles. The number of ether oxygens (including phenoxy) is 2. The second-order valence-electron chi connectivity index (χ2n) is 7.48. The highest BCUT2D eigenvalue weighted by Gasteiger charge is 2.47. The summed E-state index contributed by atoms with van der Waals surface area (Å²) in [5.41, 5.74) is 2.76. The van der Waals surface area contributed by atoms with Crippen LogP contribution in [0.4, 0.5) is 5.69 Å². The first kappa shape index (κ1) is 18.9. The lowest BCUT2D eigenvalue weighted by Crippen LogP contribution is -2.29. The number of nitrogens with zero attached hydrogens (tertiary/aromatic N) is 1. The number of amides is 1. The third-order valence-electron chi connectivity index (χ3n) is 5.52. The molecule has 1 amide bonds. The lowest BCUT2D eigenvalue weighted by molar-refractivity contribution is -0.132. The Morgan fingerprint density at radius 3 is 2.39 bits per heavy atom. The lowest BCUT2D eigenvalue weighted by Gasteiger charge is -2.25. The molecule has 0 aromatic heterocycles. The topological polar surface area (TPSA) is 76.1 Å². The molecule has 5 rings (SSSR count). The molecular formula is C25H19NO5. The molecule has 6 heteroatoms. The number of aliphatic hydroxyl groups is 1. The molecule has 1 N–H and O–H groups in total. The third-order valence-corrected chi connectivity index (χ3v) is 5.52. The quantitative estimate of drug-likeness (QED) is 0.393. The molecule has 31 heavy (non-hydrogen) atoms. The van der Waals surface area contributed by atoms with Crippen LogP contribution in [0.1, 0.15) is 22.7 Å². The smallest absolute Gasteiger partial charge is 0.300 e. The van der Waals surface area contributed by atoms with E-state index >= 15 is 0 Å². The van der Waals surface area contributed by atoms with Crippen LogP contribution < -0.4 is 14.4 Å². The van der Waals surface area contributed by atoms with Gasteiger partial charge in [-0.25, -0.2) is 0 Å². The Labute approximate surface area is 179 Å². The van der Waals surface area contributed by atoms with E-state index in [0.717, 1.165) is 5.56 Å². The minimum atomic E-state index is -0.775. The van der Waals surface area contributed by atoms with Crippen LogP contribution in [0.2, 0.25) is 0 Å². The van der Waals surface area contributed by atoms with Crippen LogP contribution in [-0.2, 0) is 9.59 Å². The van der Waals surface area contributed by atoms with Crippen molar-refractivity contribution in [3.05, 3.63) is 95.1 Å². The van der Waals surface area contributed by atoms with E-state index in [1.54, 1.807) is 30.3 Å². The summed E-state index contributed by atoms with van der Waals surface area (Å²) in [5.74, 6) is -0.553. The molecule has 2 aliphatic heterocycles. The Hall–Kier alpha value is -4.06. The molecule has 0 saturated carbocycles. The van der Waals surface area contributed by atoms with E-state index < -0.39 is 17.7 Å². The number of hydrogen-bond acceptors (Lipinski definition) is 5. The molecule has 3 aromatic rings. The molecule has 0 bridgehead atoms. The Bertz CT molecular complexity index is 1210. The van der Waals surface area contributed by atoms with Crippen LogP contribution in [-0.4, -0.2) is 23.6 Å². The van der Waals surface area contributed by atoms with Gasteiger partial charge in [-0.15, -0.1) is 0 Å². The van der Waals surface area contributed by atoms with Gasteiger partial charge in [0.15, 0.2) is 11.5 Å². The Kier molecular flexibility index (Phi) is 4.47. The van der Waals surface area contributed by atoms with Crippen molar-refractivity contribution in [1.82, 2.24) is 0 Å². The fraction of sp³-hybridized carbons (Fsp3) is 0.120. The zero-order valence-electron chi connectivity index (χ0n) is 16.7. The number of hydrogen-bond donors (Lipinski definition) is 1. The van der Waals surface area contributed by atoms with Crippen LogP contribution in [0, 0.1) is 6.92 Å². The van der Waals surface area contributed by atoms with Gasteiger partial charge in [0, 0.05) is 17.3 Å². The maximum absolute atomic E-state index is 13.1. The maximum atomic E-state index is 13.1. The van der Waals surface area contributed by atoms with Gasteiger partial charge < -0.3 is 14.6 Å². The first-order valence-electron chi connectivity index (χ1n) is 9.87. The number of carbonyl (C=O) groups excluding carboxylic acids is 2.